The number of nitrogens with zero attached hydrogens (tertiary/aromatic N) is 6. The Labute approximate surface area is 232 Å². The lowest BCUT2D eigenvalue weighted by molar-refractivity contribution is -0.385. The summed E-state index contributed by atoms with van der Waals surface area (Å²) in [4.78, 5) is 29.4. The maximum Gasteiger partial charge on any atom is 0.316 e. The maximum atomic E-state index is 13.9. The molecule has 12 nitrogen and oxygen atoms in total. The molecule has 1 aromatic carbocycles. The monoisotopic (exact) mass is 594 g/mol. The lowest BCUT2D eigenvalue weighted by atomic mass is 10.2. The van der Waals surface area contributed by atoms with E-state index >= 15 is 0 Å². The second-order valence-corrected chi connectivity index (χ2v) is 11.7. The topological polar surface area (TPSA) is 141 Å². The summed E-state index contributed by atoms with van der Waals surface area (Å²) in [5.41, 5.74) is -1.14. The van der Waals surface area contributed by atoms with Gasteiger partial charge in [0.05, 0.1) is 22.6 Å². The van der Waals surface area contributed by atoms with Crippen LogP contribution in [0.2, 0.25) is 0 Å². The van der Waals surface area contributed by atoms with Crippen LogP contribution in [0.4, 0.5) is 24.5 Å². The molecule has 3 aromatic rings. The highest BCUT2D eigenvalue weighted by Gasteiger charge is 2.33. The molecule has 2 fully saturated rings. The first-order chi connectivity index (χ1) is 19.5. The zero-order valence-electron chi connectivity index (χ0n) is 21.5. The number of ether oxygens (including phenoxy) is 1. The predicted molar refractivity (Wildman–Crippen MR) is 140 cm³/mol. The van der Waals surface area contributed by atoms with Gasteiger partial charge in [-0.15, -0.1) is 0 Å². The standard InChI is InChI=1S/C25H25F3N6O6S/c26-17-1-2-21(12-17)40-24-23(14-30-33(25(24)35)20-10-18(27)9-19(28)11-20)31-5-7-32(8-6-31)41(38,39)15-16-3-4-29-13-22(16)34(36)37/h3-4,9-11,13-14,17,21H,1-2,5-8,12,15H2. The lowest BCUT2D eigenvalue weighted by Gasteiger charge is -2.36. The minimum absolute atomic E-state index is 0.00513. The first-order valence-electron chi connectivity index (χ1n) is 12.7. The lowest BCUT2D eigenvalue weighted by Crippen LogP contribution is -2.49. The molecule has 218 valence electrons. The number of pyridine rings is 1. The van der Waals surface area contributed by atoms with Gasteiger partial charge in [-0.25, -0.2) is 21.6 Å². The van der Waals surface area contributed by atoms with Gasteiger partial charge >= 0.3 is 5.56 Å². The van der Waals surface area contributed by atoms with Crippen LogP contribution < -0.4 is 15.2 Å². The van der Waals surface area contributed by atoms with Crippen molar-refractivity contribution in [2.75, 3.05) is 31.1 Å². The average molecular weight is 595 g/mol. The van der Waals surface area contributed by atoms with Gasteiger partial charge in [-0.05, 0) is 31.0 Å². The van der Waals surface area contributed by atoms with Gasteiger partial charge in [0.1, 0.15) is 35.8 Å². The quantitative estimate of drug-likeness (QED) is 0.284. The molecule has 0 N–H and O–H groups in total. The van der Waals surface area contributed by atoms with E-state index in [-0.39, 0.29) is 61.7 Å². The Morgan fingerprint density at radius 1 is 1.07 bits per heavy atom. The minimum atomic E-state index is -3.94. The molecular weight excluding hydrogens is 569 g/mol. The normalized spacial score (nSPS) is 19.8. The highest BCUT2D eigenvalue weighted by Crippen LogP contribution is 2.32. The van der Waals surface area contributed by atoms with Crippen molar-refractivity contribution < 1.29 is 31.2 Å². The summed E-state index contributed by atoms with van der Waals surface area (Å²) in [6.45, 7) is 0.220. The summed E-state index contributed by atoms with van der Waals surface area (Å²) < 4.78 is 75.7. The molecular formula is C25H25F3N6O6S. The van der Waals surface area contributed by atoms with Crippen molar-refractivity contribution in [1.82, 2.24) is 19.1 Å². The number of hydrogen-bond acceptors (Lipinski definition) is 9. The number of alkyl halides is 1. The molecule has 0 amide bonds. The van der Waals surface area contributed by atoms with Crippen LogP contribution in [-0.2, 0) is 15.8 Å². The van der Waals surface area contributed by atoms with Gasteiger partial charge in [-0.1, -0.05) is 0 Å². The number of rotatable bonds is 8. The van der Waals surface area contributed by atoms with Gasteiger partial charge in [0.25, 0.3) is 5.69 Å². The molecule has 0 bridgehead atoms. The van der Waals surface area contributed by atoms with E-state index in [1.54, 1.807) is 4.90 Å². The zero-order chi connectivity index (χ0) is 29.3. The van der Waals surface area contributed by atoms with Gasteiger partial charge in [0.15, 0.2) is 0 Å². The molecule has 2 unspecified atom stereocenters. The predicted octanol–water partition coefficient (Wildman–Crippen LogP) is 2.74. The molecule has 16 heteroatoms. The zero-order valence-corrected chi connectivity index (χ0v) is 22.3. The molecule has 1 aliphatic carbocycles. The Morgan fingerprint density at radius 3 is 2.41 bits per heavy atom. The van der Waals surface area contributed by atoms with Crippen molar-refractivity contribution >= 4 is 21.4 Å². The van der Waals surface area contributed by atoms with E-state index in [0.29, 0.717) is 12.5 Å². The molecule has 0 spiro atoms. The maximum absolute atomic E-state index is 13.9. The van der Waals surface area contributed by atoms with Crippen molar-refractivity contribution in [3.8, 4) is 11.4 Å². The Morgan fingerprint density at radius 2 is 1.78 bits per heavy atom. The first-order valence-corrected chi connectivity index (χ1v) is 14.3. The number of anilines is 1. The average Bonchev–Trinajstić information content (AvgIpc) is 3.33. The Hall–Kier alpha value is -4.05. The molecule has 5 rings (SSSR count). The number of halogens is 3. The number of nitro groups is 1. The molecule has 2 atom stereocenters. The largest absolute Gasteiger partial charge is 0.483 e. The molecule has 1 saturated carbocycles. The summed E-state index contributed by atoms with van der Waals surface area (Å²) >= 11 is 0. The van der Waals surface area contributed by atoms with Crippen molar-refractivity contribution in [3.63, 3.8) is 0 Å². The smallest absolute Gasteiger partial charge is 0.316 e. The summed E-state index contributed by atoms with van der Waals surface area (Å²) in [7, 11) is -3.94. The summed E-state index contributed by atoms with van der Waals surface area (Å²) in [6.07, 6.45) is 2.57. The summed E-state index contributed by atoms with van der Waals surface area (Å²) in [5.74, 6) is -2.60. The molecule has 2 aliphatic rings. The van der Waals surface area contributed by atoms with Crippen molar-refractivity contribution in [3.05, 3.63) is 80.5 Å². The number of piperazine rings is 1. The number of benzene rings is 1. The Kier molecular flexibility index (Phi) is 7.95. The van der Waals surface area contributed by atoms with Crippen molar-refractivity contribution in [2.24, 2.45) is 0 Å². The van der Waals surface area contributed by atoms with E-state index in [2.05, 4.69) is 10.1 Å². The van der Waals surface area contributed by atoms with E-state index in [1.807, 2.05) is 0 Å². The second kappa shape index (κ2) is 11.4. The van der Waals surface area contributed by atoms with Crippen LogP contribution in [0.5, 0.6) is 5.75 Å². The summed E-state index contributed by atoms with van der Waals surface area (Å²) in [5, 5.41) is 15.4. The van der Waals surface area contributed by atoms with E-state index in [4.69, 9.17) is 4.74 Å². The Bertz CT molecular complexity index is 1610. The molecule has 1 aliphatic heterocycles. The van der Waals surface area contributed by atoms with E-state index in [0.717, 1.165) is 23.0 Å². The number of hydrogen-bond donors (Lipinski definition) is 0. The molecule has 2 aromatic heterocycles. The van der Waals surface area contributed by atoms with Crippen molar-refractivity contribution in [1.29, 1.82) is 0 Å². The molecule has 41 heavy (non-hydrogen) atoms. The van der Waals surface area contributed by atoms with Gasteiger partial charge in [-0.2, -0.15) is 14.1 Å². The molecule has 3 heterocycles. The third-order valence-corrected chi connectivity index (χ3v) is 8.83. The van der Waals surface area contributed by atoms with Gasteiger partial charge < -0.3 is 9.64 Å². The van der Waals surface area contributed by atoms with Crippen LogP contribution >= 0.6 is 0 Å². The van der Waals surface area contributed by atoms with Crippen LogP contribution in [0.25, 0.3) is 5.69 Å². The van der Waals surface area contributed by atoms with E-state index in [1.165, 1.54) is 22.8 Å². The van der Waals surface area contributed by atoms with Crippen LogP contribution in [0.3, 0.4) is 0 Å². The minimum Gasteiger partial charge on any atom is -0.483 e. The Balaban J connectivity index is 1.40. The SMILES string of the molecule is O=c1c(OC2CCC(F)C2)c(N2CCN(S(=O)(=O)Cc3ccncc3[N+](=O)[O-])CC2)cnn1-c1cc(F)cc(F)c1. The molecule has 1 saturated heterocycles. The fourth-order valence-electron chi connectivity index (χ4n) is 4.97. The van der Waals surface area contributed by atoms with Crippen LogP contribution in [0, 0.1) is 21.7 Å². The van der Waals surface area contributed by atoms with Crippen LogP contribution in [-0.4, -0.2) is 70.9 Å². The third-order valence-electron chi connectivity index (χ3n) is 7.01. The highest BCUT2D eigenvalue weighted by atomic mass is 32.2. The fraction of sp³-hybridized carbons (Fsp3) is 0.400. The number of aromatic nitrogens is 3. The van der Waals surface area contributed by atoms with Crippen molar-refractivity contribution in [2.45, 2.75) is 37.3 Å². The summed E-state index contributed by atoms with van der Waals surface area (Å²) in [6, 6.07) is 3.81. The third kappa shape index (κ3) is 6.17. The van der Waals surface area contributed by atoms with E-state index in [9.17, 15) is 36.5 Å². The van der Waals surface area contributed by atoms with Gasteiger partial charge in [-0.3, -0.25) is 19.9 Å². The molecule has 0 radical (unpaired) electrons. The van der Waals surface area contributed by atoms with E-state index < -0.39 is 55.9 Å². The second-order valence-electron chi connectivity index (χ2n) is 9.76. The van der Waals surface area contributed by atoms with Crippen LogP contribution in [0.15, 0.2) is 47.7 Å². The van der Waals surface area contributed by atoms with Gasteiger partial charge in [0, 0.05) is 50.4 Å². The fourth-order valence-corrected chi connectivity index (χ4v) is 6.51. The first kappa shape index (κ1) is 28.5. The number of sulfonamides is 1. The van der Waals surface area contributed by atoms with Crippen LogP contribution in [0.1, 0.15) is 24.8 Å². The highest BCUT2D eigenvalue weighted by molar-refractivity contribution is 7.88. The van der Waals surface area contributed by atoms with Gasteiger partial charge in [0.2, 0.25) is 15.8 Å².